The third-order valence-corrected chi connectivity index (χ3v) is 25.4. The summed E-state index contributed by atoms with van der Waals surface area (Å²) >= 11 is 2.33. The van der Waals surface area contributed by atoms with E-state index in [-0.39, 0.29) is 24.2 Å². The van der Waals surface area contributed by atoms with E-state index in [1.165, 1.54) is 40.8 Å². The molecule has 4 amide bonds. The largest absolute Gasteiger partial charge is 0.497 e. The number of ether oxygens (including phenoxy) is 1. The SMILES string of the molecule is COc1ccc(C2=CC3=C4C(=C5C=C(c6ccc(C#Cc7cc(CN8C(=O)C9=C(C8=O)C(C)(C)C8(C)C(=C9)N(C)c9ccccc98)cc(CN8C(=O)C9=C(C8=O)C(C)(C)C8(C)C(=C9)N(C)c9ccccc98)c7)cc6)S[C@@]5(C)[C@]3(C)S2)C(F)(F)C(F)(F)C4(F)F)cc1. The Bertz CT molecular complexity index is 4490. The molecule has 0 saturated heterocycles. The fraction of sp³-hybridized carbons (Fsp3) is 0.297. The first-order valence-corrected chi connectivity index (χ1v) is 31.6. The number of nitrogens with zero attached hydrogens (tertiary/aromatic N) is 4. The summed E-state index contributed by atoms with van der Waals surface area (Å²) in [5, 5.41) is 0. The van der Waals surface area contributed by atoms with Gasteiger partial charge in [-0.1, -0.05) is 106 Å². The van der Waals surface area contributed by atoms with Gasteiger partial charge in [0.05, 0.1) is 40.8 Å². The number of hydrogen-bond acceptors (Lipinski definition) is 9. The molecule has 0 N–H and O–H groups in total. The molecule has 4 aliphatic carbocycles. The highest BCUT2D eigenvalue weighted by atomic mass is 32.2. The van der Waals surface area contributed by atoms with Crippen LogP contribution in [0.1, 0.15) is 99.9 Å². The second kappa shape index (κ2) is 18.6. The molecule has 0 aromatic heterocycles. The number of likely N-dealkylation sites (N-methyl/N-ethyl adjacent to an activating group) is 2. The Morgan fingerprint density at radius 3 is 1.29 bits per heavy atom. The van der Waals surface area contributed by atoms with Crippen molar-refractivity contribution in [3.8, 4) is 17.6 Å². The minimum Gasteiger partial charge on any atom is -0.497 e. The van der Waals surface area contributed by atoms with Gasteiger partial charge in [0.25, 0.3) is 23.6 Å². The maximum atomic E-state index is 16.3. The molecule has 1 fully saturated rings. The van der Waals surface area contributed by atoms with E-state index in [9.17, 15) is 19.2 Å². The number of halogens is 6. The Morgan fingerprint density at radius 1 is 0.473 bits per heavy atom. The maximum Gasteiger partial charge on any atom is 0.380 e. The first kappa shape index (κ1) is 58.9. The summed E-state index contributed by atoms with van der Waals surface area (Å²) in [6.07, 6.45) is 6.39. The quantitative estimate of drug-likeness (QED) is 0.0898. The van der Waals surface area contributed by atoms with Gasteiger partial charge < -0.3 is 14.5 Å². The van der Waals surface area contributed by atoms with Crippen LogP contribution >= 0.6 is 23.5 Å². The molecular formula is C74H60F6N4O5S2. The fourth-order valence-corrected chi connectivity index (χ4v) is 19.4. The van der Waals surface area contributed by atoms with Crippen molar-refractivity contribution in [2.45, 2.75) is 107 Å². The number of rotatable bonds is 7. The van der Waals surface area contributed by atoms with Crippen LogP contribution in [-0.2, 0) is 43.1 Å². The number of amides is 4. The summed E-state index contributed by atoms with van der Waals surface area (Å²) in [4.78, 5) is 67.1. The van der Waals surface area contributed by atoms with E-state index in [2.05, 4.69) is 47.6 Å². The van der Waals surface area contributed by atoms with Crippen molar-refractivity contribution in [2.75, 3.05) is 31.0 Å². The molecule has 460 valence electrons. The predicted molar refractivity (Wildman–Crippen MR) is 342 cm³/mol. The zero-order valence-electron chi connectivity index (χ0n) is 51.6. The van der Waals surface area contributed by atoms with E-state index in [4.69, 9.17) is 4.74 Å². The van der Waals surface area contributed by atoms with Gasteiger partial charge >= 0.3 is 17.8 Å². The summed E-state index contributed by atoms with van der Waals surface area (Å²) in [6.45, 7) is 15.2. The van der Waals surface area contributed by atoms with Gasteiger partial charge in [0, 0.05) is 102 Å². The third-order valence-electron chi connectivity index (χ3n) is 22.0. The van der Waals surface area contributed by atoms with Crippen molar-refractivity contribution in [3.63, 3.8) is 0 Å². The van der Waals surface area contributed by atoms with Crippen molar-refractivity contribution in [1.29, 1.82) is 0 Å². The number of methoxy groups -OCH3 is 1. The number of carbonyl (C=O) groups is 4. The number of hydrogen-bond donors (Lipinski definition) is 0. The smallest absolute Gasteiger partial charge is 0.380 e. The second-order valence-electron chi connectivity index (χ2n) is 26.9. The molecule has 6 heterocycles. The van der Waals surface area contributed by atoms with Crippen LogP contribution in [-0.4, -0.2) is 81.9 Å². The lowest BCUT2D eigenvalue weighted by atomic mass is 9.56. The van der Waals surface area contributed by atoms with E-state index in [0.717, 1.165) is 45.7 Å². The average Bonchev–Trinajstić information content (AvgIpc) is 1.51. The van der Waals surface area contributed by atoms with Crippen LogP contribution in [0.4, 0.5) is 37.7 Å². The third kappa shape index (κ3) is 7.21. The summed E-state index contributed by atoms with van der Waals surface area (Å²) < 4.78 is 98.7. The van der Waals surface area contributed by atoms with Crippen LogP contribution in [0.3, 0.4) is 0 Å². The Hall–Kier alpha value is -8.46. The van der Waals surface area contributed by atoms with Crippen molar-refractivity contribution < 1.29 is 50.3 Å². The lowest BCUT2D eigenvalue weighted by molar-refractivity contribution is -0.258. The van der Waals surface area contributed by atoms with Crippen LogP contribution in [0.25, 0.3) is 9.81 Å². The molecule has 5 aromatic rings. The van der Waals surface area contributed by atoms with Gasteiger partial charge in [-0.2, -0.15) is 26.3 Å². The number of anilines is 2. The highest BCUT2D eigenvalue weighted by molar-refractivity contribution is 8.14. The maximum absolute atomic E-state index is 16.3. The number of imide groups is 2. The minimum absolute atomic E-state index is 0.163. The second-order valence-corrected chi connectivity index (χ2v) is 29.8. The lowest BCUT2D eigenvalue weighted by Gasteiger charge is -2.47. The van der Waals surface area contributed by atoms with Gasteiger partial charge in [-0.25, -0.2) is 0 Å². The molecular weight excluding hydrogens is 1200 g/mol. The molecule has 5 aromatic carbocycles. The standard InChI is InChI=1S/C74H60F6N4O5S2/c1-66(2)58-46(33-56-68(66,5)48-16-12-14-18-52(48)81(56)9)62(85)83(64(58)87)37-41-30-40(31-42(32-41)38-84-63(86)47-34-57-69(6,67(3,4)59(47)65(84)88)49-17-13-15-19-53(49)82(57)10)21-20-39-22-24-43(25-23-39)54-35-50-60-61(73(77,78)74(79,80)72(60,75)76)51-36-55(44-26-28-45(89-11)29-27-44)91-71(51,8)70(50,7)90-54/h12-19,22-36H,37-38H2,1-11H3/t68?,69?,70-,71-/m1/s1. The average molecular weight is 1260 g/mol. The number of allylic oxidation sites excluding steroid dienone is 6. The van der Waals surface area contributed by atoms with Crippen LogP contribution < -0.4 is 14.5 Å². The molecule has 91 heavy (non-hydrogen) atoms. The summed E-state index contributed by atoms with van der Waals surface area (Å²) in [5.41, 5.74) is 4.16. The van der Waals surface area contributed by atoms with Gasteiger partial charge in [-0.05, 0) is 145 Å². The zero-order chi connectivity index (χ0) is 64.6. The van der Waals surface area contributed by atoms with Crippen molar-refractivity contribution in [1.82, 2.24) is 9.80 Å². The zero-order valence-corrected chi connectivity index (χ0v) is 53.2. The lowest BCUT2D eigenvalue weighted by Crippen LogP contribution is -2.48. The van der Waals surface area contributed by atoms with E-state index in [0.29, 0.717) is 71.2 Å². The Labute approximate surface area is 531 Å². The van der Waals surface area contributed by atoms with Gasteiger partial charge in [0.15, 0.2) is 0 Å². The van der Waals surface area contributed by atoms with Crippen LogP contribution in [0.2, 0.25) is 0 Å². The summed E-state index contributed by atoms with van der Waals surface area (Å²) in [7, 11) is 5.42. The van der Waals surface area contributed by atoms with Crippen molar-refractivity contribution in [3.05, 3.63) is 240 Å². The number of para-hydroxylation sites is 2. The predicted octanol–water partition coefficient (Wildman–Crippen LogP) is 15.0. The van der Waals surface area contributed by atoms with Gasteiger partial charge in [-0.3, -0.25) is 29.0 Å². The normalized spacial score (nSPS) is 27.8. The first-order valence-electron chi connectivity index (χ1n) is 30.0. The number of carbonyl (C=O) groups excluding carboxylic acids is 4. The first-order chi connectivity index (χ1) is 42.8. The van der Waals surface area contributed by atoms with Crippen molar-refractivity contribution in [2.24, 2.45) is 10.8 Å². The number of thioether (sulfide) groups is 2. The van der Waals surface area contributed by atoms with E-state index in [1.807, 2.05) is 90.3 Å². The van der Waals surface area contributed by atoms with E-state index < -0.39 is 83.7 Å². The Balaban J connectivity index is 0.769. The topological polar surface area (TPSA) is 90.5 Å². The van der Waals surface area contributed by atoms with E-state index >= 15 is 26.3 Å². The van der Waals surface area contributed by atoms with Crippen molar-refractivity contribution >= 4 is 68.3 Å². The molecule has 17 heteroatoms. The minimum atomic E-state index is -5.71. The fourth-order valence-electron chi connectivity index (χ4n) is 16.3. The van der Waals surface area contributed by atoms with Gasteiger partial charge in [-0.15, -0.1) is 23.5 Å². The van der Waals surface area contributed by atoms with Crippen LogP contribution in [0.5, 0.6) is 5.75 Å². The molecule has 9 nitrogen and oxygen atoms in total. The molecule has 6 aliphatic heterocycles. The highest BCUT2D eigenvalue weighted by Gasteiger charge is 2.84. The molecule has 0 spiro atoms. The number of fused-ring (bicyclic) bond motifs is 10. The Morgan fingerprint density at radius 2 is 0.868 bits per heavy atom. The number of alkyl halides is 6. The van der Waals surface area contributed by atoms with Gasteiger partial charge in [0.1, 0.15) is 5.75 Å². The molecule has 0 bridgehead atoms. The van der Waals surface area contributed by atoms with E-state index in [1.54, 1.807) is 80.6 Å². The monoisotopic (exact) mass is 1260 g/mol. The molecule has 0 radical (unpaired) electrons. The molecule has 10 aliphatic rings. The van der Waals surface area contributed by atoms with Crippen LogP contribution in [0, 0.1) is 22.7 Å². The molecule has 15 rings (SSSR count). The molecule has 4 atom stereocenters. The number of benzene rings is 5. The molecule has 2 unspecified atom stereocenters. The van der Waals surface area contributed by atoms with Crippen LogP contribution in [0.15, 0.2) is 196 Å². The highest BCUT2D eigenvalue weighted by Crippen LogP contribution is 2.76. The van der Waals surface area contributed by atoms with Gasteiger partial charge in [0.2, 0.25) is 0 Å². The summed E-state index contributed by atoms with van der Waals surface area (Å²) in [5.74, 6) is -10.9. The molecule has 1 saturated carbocycles. The Kier molecular flexibility index (Phi) is 12.0. The summed E-state index contributed by atoms with van der Waals surface area (Å²) in [6, 6.07) is 35.0.